The third kappa shape index (κ3) is 4.21. The first-order valence-corrected chi connectivity index (χ1v) is 7.95. The summed E-state index contributed by atoms with van der Waals surface area (Å²) in [4.78, 5) is 0. The fourth-order valence-corrected chi connectivity index (χ4v) is 3.14. The highest BCUT2D eigenvalue weighted by atomic mass is 32.2. The maximum atomic E-state index is 12.0. The van der Waals surface area contributed by atoms with Crippen LogP contribution >= 0.6 is 0 Å². The van der Waals surface area contributed by atoms with E-state index in [4.69, 9.17) is 4.74 Å². The van der Waals surface area contributed by atoms with Gasteiger partial charge in [0.05, 0.1) is 5.25 Å². The van der Waals surface area contributed by atoms with Crippen LogP contribution < -0.4 is 10.0 Å². The second-order valence-electron chi connectivity index (χ2n) is 5.04. The highest BCUT2D eigenvalue weighted by Gasteiger charge is 2.28. The Labute approximate surface area is 103 Å². The van der Waals surface area contributed by atoms with E-state index in [1.807, 2.05) is 0 Å². The minimum Gasteiger partial charge on any atom is -0.381 e. The molecule has 17 heavy (non-hydrogen) atoms. The monoisotopic (exact) mass is 262 g/mol. The topological polar surface area (TPSA) is 67.4 Å². The molecule has 0 bridgehead atoms. The molecule has 1 saturated carbocycles. The molecule has 2 rings (SSSR count). The molecule has 2 aliphatic rings. The average Bonchev–Trinajstić information content (AvgIpc) is 3.10. The van der Waals surface area contributed by atoms with E-state index in [-0.39, 0.29) is 11.3 Å². The second-order valence-corrected chi connectivity index (χ2v) is 7.17. The highest BCUT2D eigenvalue weighted by molar-refractivity contribution is 7.90. The minimum atomic E-state index is -3.20. The number of ether oxygens (including phenoxy) is 1. The largest absolute Gasteiger partial charge is 0.381 e. The zero-order chi connectivity index (χ0) is 12.3. The average molecular weight is 262 g/mol. The lowest BCUT2D eigenvalue weighted by Gasteiger charge is -2.25. The summed E-state index contributed by atoms with van der Waals surface area (Å²) in [6.07, 6.45) is 3.92. The van der Waals surface area contributed by atoms with Crippen LogP contribution in [-0.4, -0.2) is 45.5 Å². The van der Waals surface area contributed by atoms with Gasteiger partial charge < -0.3 is 10.1 Å². The van der Waals surface area contributed by atoms with E-state index in [0.717, 1.165) is 12.8 Å². The molecule has 1 atom stereocenters. The van der Waals surface area contributed by atoms with Crippen molar-refractivity contribution in [3.05, 3.63) is 0 Å². The zero-order valence-corrected chi connectivity index (χ0v) is 11.1. The summed E-state index contributed by atoms with van der Waals surface area (Å²) in [7, 11) is -3.20. The second kappa shape index (κ2) is 5.65. The Morgan fingerprint density at radius 2 is 1.82 bits per heavy atom. The van der Waals surface area contributed by atoms with Gasteiger partial charge in [-0.2, -0.15) is 0 Å². The van der Waals surface area contributed by atoms with E-state index >= 15 is 0 Å². The van der Waals surface area contributed by atoms with E-state index in [2.05, 4.69) is 10.0 Å². The van der Waals surface area contributed by atoms with Crippen molar-refractivity contribution < 1.29 is 13.2 Å². The Balaban J connectivity index is 1.78. The Morgan fingerprint density at radius 3 is 2.41 bits per heavy atom. The fraction of sp³-hybridized carbons (Fsp3) is 1.00. The van der Waals surface area contributed by atoms with Crippen molar-refractivity contribution in [3.8, 4) is 0 Å². The van der Waals surface area contributed by atoms with Crippen molar-refractivity contribution >= 4 is 10.0 Å². The minimum absolute atomic E-state index is 0.0529. The molecule has 0 aromatic rings. The smallest absolute Gasteiger partial charge is 0.215 e. The molecule has 1 heterocycles. The lowest BCUT2D eigenvalue weighted by atomic mass is 10.1. The molecule has 0 radical (unpaired) electrons. The molecule has 6 heteroatoms. The van der Waals surface area contributed by atoms with Crippen LogP contribution in [0.15, 0.2) is 0 Å². The molecule has 5 nitrogen and oxygen atoms in total. The van der Waals surface area contributed by atoms with Gasteiger partial charge in [0, 0.05) is 31.8 Å². The van der Waals surface area contributed by atoms with Crippen LogP contribution in [0.5, 0.6) is 0 Å². The Bertz CT molecular complexity index is 335. The van der Waals surface area contributed by atoms with Gasteiger partial charge >= 0.3 is 0 Å². The summed E-state index contributed by atoms with van der Waals surface area (Å²) in [6.45, 7) is 3.62. The third-order valence-corrected chi connectivity index (χ3v) is 5.24. The third-order valence-electron chi connectivity index (χ3n) is 3.35. The maximum Gasteiger partial charge on any atom is 0.215 e. The van der Waals surface area contributed by atoms with Gasteiger partial charge in [0.2, 0.25) is 10.0 Å². The van der Waals surface area contributed by atoms with Crippen LogP contribution in [0.3, 0.4) is 0 Å². The SMILES string of the molecule is CC(CNC1CC1)S(=O)(=O)NC1CCOCC1. The number of rotatable bonds is 6. The standard InChI is InChI=1S/C11H22N2O3S/c1-9(8-12-10-2-3-10)17(14,15)13-11-4-6-16-7-5-11/h9-13H,2-8H2,1H3. The molecule has 0 aromatic heterocycles. The summed E-state index contributed by atoms with van der Waals surface area (Å²) in [5, 5.41) is 2.89. The Kier molecular flexibility index (Phi) is 4.41. The molecule has 1 aliphatic heterocycles. The van der Waals surface area contributed by atoms with E-state index < -0.39 is 10.0 Å². The quantitative estimate of drug-likeness (QED) is 0.719. The predicted molar refractivity (Wildman–Crippen MR) is 66.4 cm³/mol. The molecular weight excluding hydrogens is 240 g/mol. The molecule has 1 saturated heterocycles. The van der Waals surface area contributed by atoms with E-state index in [1.54, 1.807) is 6.92 Å². The summed E-state index contributed by atoms with van der Waals surface area (Å²) < 4.78 is 32.1. The molecule has 100 valence electrons. The first kappa shape index (κ1) is 13.3. The van der Waals surface area contributed by atoms with Gasteiger partial charge in [0.15, 0.2) is 0 Å². The van der Waals surface area contributed by atoms with Gasteiger partial charge in [-0.25, -0.2) is 13.1 Å². The van der Waals surface area contributed by atoms with Crippen molar-refractivity contribution in [3.63, 3.8) is 0 Å². The summed E-state index contributed by atoms with van der Waals surface area (Å²) in [5.41, 5.74) is 0. The Morgan fingerprint density at radius 1 is 1.18 bits per heavy atom. The number of sulfonamides is 1. The molecule has 0 spiro atoms. The lowest BCUT2D eigenvalue weighted by molar-refractivity contribution is 0.0831. The van der Waals surface area contributed by atoms with Gasteiger partial charge in [-0.1, -0.05) is 0 Å². The summed E-state index contributed by atoms with van der Waals surface area (Å²) in [5.74, 6) is 0. The van der Waals surface area contributed by atoms with Crippen molar-refractivity contribution in [2.24, 2.45) is 0 Å². The number of hydrogen-bond acceptors (Lipinski definition) is 4. The molecular formula is C11H22N2O3S. The van der Waals surface area contributed by atoms with Gasteiger partial charge in [-0.05, 0) is 32.6 Å². The molecule has 0 aromatic carbocycles. The zero-order valence-electron chi connectivity index (χ0n) is 10.3. The Hall–Kier alpha value is -0.170. The van der Waals surface area contributed by atoms with Crippen molar-refractivity contribution in [2.45, 2.75) is 49.9 Å². The lowest BCUT2D eigenvalue weighted by Crippen LogP contribution is -2.45. The highest BCUT2D eigenvalue weighted by Crippen LogP contribution is 2.18. The van der Waals surface area contributed by atoms with Crippen LogP contribution in [-0.2, 0) is 14.8 Å². The predicted octanol–water partition coefficient (Wildman–Crippen LogP) is 0.225. The summed E-state index contributed by atoms with van der Waals surface area (Å²) in [6, 6.07) is 0.604. The van der Waals surface area contributed by atoms with Crippen LogP contribution in [0.25, 0.3) is 0 Å². The van der Waals surface area contributed by atoms with E-state index in [0.29, 0.717) is 25.8 Å². The van der Waals surface area contributed by atoms with Crippen molar-refractivity contribution in [2.75, 3.05) is 19.8 Å². The van der Waals surface area contributed by atoms with Gasteiger partial charge in [0.25, 0.3) is 0 Å². The molecule has 2 N–H and O–H groups in total. The normalized spacial score (nSPS) is 24.8. The van der Waals surface area contributed by atoms with Crippen LogP contribution in [0.2, 0.25) is 0 Å². The van der Waals surface area contributed by atoms with Crippen LogP contribution in [0, 0.1) is 0 Å². The molecule has 2 fully saturated rings. The first-order valence-electron chi connectivity index (χ1n) is 6.40. The number of nitrogens with one attached hydrogen (secondary N) is 2. The fourth-order valence-electron chi connectivity index (χ4n) is 1.89. The van der Waals surface area contributed by atoms with Crippen molar-refractivity contribution in [1.29, 1.82) is 0 Å². The molecule has 1 aliphatic carbocycles. The van der Waals surface area contributed by atoms with E-state index in [9.17, 15) is 8.42 Å². The van der Waals surface area contributed by atoms with Gasteiger partial charge in [-0.15, -0.1) is 0 Å². The first-order chi connectivity index (χ1) is 8.08. The maximum absolute atomic E-state index is 12.0. The van der Waals surface area contributed by atoms with Crippen LogP contribution in [0.1, 0.15) is 32.6 Å². The molecule has 0 amide bonds. The summed E-state index contributed by atoms with van der Waals surface area (Å²) >= 11 is 0. The van der Waals surface area contributed by atoms with Gasteiger partial charge in [0.1, 0.15) is 0 Å². The van der Waals surface area contributed by atoms with Crippen LogP contribution in [0.4, 0.5) is 0 Å². The van der Waals surface area contributed by atoms with E-state index in [1.165, 1.54) is 12.8 Å². The number of hydrogen-bond donors (Lipinski definition) is 2. The molecule has 1 unspecified atom stereocenters. The van der Waals surface area contributed by atoms with Gasteiger partial charge in [-0.3, -0.25) is 0 Å². The van der Waals surface area contributed by atoms with Crippen molar-refractivity contribution in [1.82, 2.24) is 10.0 Å².